The molecule has 0 amide bonds. The van der Waals surface area contributed by atoms with Gasteiger partial charge >= 0.3 is 0 Å². The molecule has 4 nitrogen and oxygen atoms in total. The van der Waals surface area contributed by atoms with Crippen LogP contribution in [-0.4, -0.2) is 35.7 Å². The number of hydrogen-bond acceptors (Lipinski definition) is 4. The molecule has 26 heavy (non-hydrogen) atoms. The molecule has 0 fully saturated rings. The first kappa shape index (κ1) is 18.7. The third-order valence-corrected chi connectivity index (χ3v) is 6.31. The maximum atomic E-state index is 11.5. The van der Waals surface area contributed by atoms with Crippen LogP contribution in [0.1, 0.15) is 11.1 Å². The molecule has 0 saturated carbocycles. The highest BCUT2D eigenvalue weighted by atomic mass is 32.2. The first-order chi connectivity index (χ1) is 12.4. The summed E-state index contributed by atoms with van der Waals surface area (Å²) in [5.74, 6) is 0.618. The molecule has 3 rings (SSSR count). The fourth-order valence-corrected chi connectivity index (χ4v) is 5.08. The quantitative estimate of drug-likeness (QED) is 0.593. The Balaban J connectivity index is 2.10. The molecular formula is C20H22N2O2S2. The molecule has 3 aromatic rings. The number of hydrogen-bond donors (Lipinski definition) is 0. The third-order valence-electron chi connectivity index (χ3n) is 4.15. The van der Waals surface area contributed by atoms with Crippen molar-refractivity contribution in [1.29, 1.82) is 0 Å². The first-order valence-corrected chi connectivity index (χ1v) is 11.4. The van der Waals surface area contributed by atoms with Crippen LogP contribution in [0.25, 0.3) is 16.9 Å². The Labute approximate surface area is 159 Å². The lowest BCUT2D eigenvalue weighted by atomic mass is 10.1. The molecule has 0 aliphatic heterocycles. The lowest BCUT2D eigenvalue weighted by molar-refractivity contribution is 0.603. The van der Waals surface area contributed by atoms with Crippen LogP contribution in [0.2, 0.25) is 0 Å². The number of aromatic nitrogens is 2. The van der Waals surface area contributed by atoms with Crippen LogP contribution in [0.3, 0.4) is 0 Å². The molecule has 1 aromatic heterocycles. The summed E-state index contributed by atoms with van der Waals surface area (Å²) < 4.78 is 25.1. The van der Waals surface area contributed by atoms with Crippen molar-refractivity contribution in [3.05, 3.63) is 65.9 Å². The molecule has 0 saturated heterocycles. The van der Waals surface area contributed by atoms with E-state index in [1.165, 1.54) is 18.0 Å². The summed E-state index contributed by atoms with van der Waals surface area (Å²) in [6, 6.07) is 16.3. The number of imidazole rings is 1. The van der Waals surface area contributed by atoms with Crippen LogP contribution in [0.5, 0.6) is 0 Å². The van der Waals surface area contributed by atoms with Gasteiger partial charge in [-0.2, -0.15) is 0 Å². The van der Waals surface area contributed by atoms with E-state index in [1.807, 2.05) is 30.5 Å². The van der Waals surface area contributed by atoms with E-state index in [0.29, 0.717) is 5.75 Å². The number of benzene rings is 2. The van der Waals surface area contributed by atoms with Crippen molar-refractivity contribution in [1.82, 2.24) is 9.55 Å². The molecule has 2 aromatic carbocycles. The van der Waals surface area contributed by atoms with Crippen molar-refractivity contribution >= 4 is 21.6 Å². The maximum Gasteiger partial charge on any atom is 0.173 e. The van der Waals surface area contributed by atoms with Gasteiger partial charge in [0.05, 0.1) is 23.3 Å². The Bertz CT molecular complexity index is 989. The zero-order valence-electron chi connectivity index (χ0n) is 15.1. The van der Waals surface area contributed by atoms with Gasteiger partial charge in [-0.05, 0) is 25.0 Å². The number of para-hydroxylation sites is 1. The lowest BCUT2D eigenvalue weighted by Gasteiger charge is -2.17. The Hall–Kier alpha value is -2.05. The van der Waals surface area contributed by atoms with E-state index in [1.54, 1.807) is 0 Å². The highest BCUT2D eigenvalue weighted by molar-refractivity contribution is 8.00. The highest BCUT2D eigenvalue weighted by Gasteiger charge is 2.17. The molecule has 0 atom stereocenters. The van der Waals surface area contributed by atoms with E-state index in [4.69, 9.17) is 0 Å². The molecule has 6 heteroatoms. The smallest absolute Gasteiger partial charge is 0.173 e. The minimum atomic E-state index is -2.99. The summed E-state index contributed by atoms with van der Waals surface area (Å²) in [6.07, 6.45) is 3.13. The van der Waals surface area contributed by atoms with Gasteiger partial charge in [-0.15, -0.1) is 0 Å². The summed E-state index contributed by atoms with van der Waals surface area (Å²) in [7, 11) is -2.99. The Morgan fingerprint density at radius 1 is 1.00 bits per heavy atom. The molecule has 0 N–H and O–H groups in total. The number of thioether (sulfide) groups is 1. The van der Waals surface area contributed by atoms with E-state index in [-0.39, 0.29) is 5.75 Å². The summed E-state index contributed by atoms with van der Waals surface area (Å²) >= 11 is 1.47. The molecule has 0 spiro atoms. The van der Waals surface area contributed by atoms with Crippen molar-refractivity contribution in [2.75, 3.05) is 17.8 Å². The van der Waals surface area contributed by atoms with E-state index >= 15 is 0 Å². The van der Waals surface area contributed by atoms with E-state index in [0.717, 1.165) is 33.2 Å². The van der Waals surface area contributed by atoms with Gasteiger partial charge in [0, 0.05) is 17.6 Å². The number of rotatable bonds is 6. The van der Waals surface area contributed by atoms with Gasteiger partial charge in [0.25, 0.3) is 0 Å². The molecule has 1 heterocycles. The Morgan fingerprint density at radius 2 is 1.65 bits per heavy atom. The van der Waals surface area contributed by atoms with Crippen molar-refractivity contribution in [2.24, 2.45) is 0 Å². The van der Waals surface area contributed by atoms with Gasteiger partial charge in [0.2, 0.25) is 0 Å². The van der Waals surface area contributed by atoms with Crippen molar-refractivity contribution < 1.29 is 8.42 Å². The summed E-state index contributed by atoms with van der Waals surface area (Å²) in [4.78, 5) is 4.60. The van der Waals surface area contributed by atoms with Crippen LogP contribution in [0.4, 0.5) is 0 Å². The third kappa shape index (κ3) is 4.19. The zero-order chi connectivity index (χ0) is 18.7. The van der Waals surface area contributed by atoms with Crippen LogP contribution in [-0.2, 0) is 9.84 Å². The number of aryl methyl sites for hydroxylation is 2. The molecule has 136 valence electrons. The lowest BCUT2D eigenvalue weighted by Crippen LogP contribution is -2.07. The van der Waals surface area contributed by atoms with Crippen molar-refractivity contribution in [3.63, 3.8) is 0 Å². The van der Waals surface area contributed by atoms with E-state index in [9.17, 15) is 8.42 Å². The summed E-state index contributed by atoms with van der Waals surface area (Å²) in [6.45, 7) is 4.17. The molecular weight excluding hydrogens is 364 g/mol. The second-order valence-electron chi connectivity index (χ2n) is 6.35. The first-order valence-electron chi connectivity index (χ1n) is 8.37. The topological polar surface area (TPSA) is 52.0 Å². The monoisotopic (exact) mass is 386 g/mol. The average Bonchev–Trinajstić information content (AvgIpc) is 2.98. The Kier molecular flexibility index (Phi) is 5.53. The van der Waals surface area contributed by atoms with Gasteiger partial charge < -0.3 is 0 Å². The second-order valence-corrected chi connectivity index (χ2v) is 9.67. The highest BCUT2D eigenvalue weighted by Crippen LogP contribution is 2.32. The minimum absolute atomic E-state index is 0.137. The largest absolute Gasteiger partial charge is 0.287 e. The van der Waals surface area contributed by atoms with E-state index in [2.05, 4.69) is 47.7 Å². The van der Waals surface area contributed by atoms with Gasteiger partial charge in [0.15, 0.2) is 5.16 Å². The summed E-state index contributed by atoms with van der Waals surface area (Å²) in [5, 5.41) is 0.810. The average molecular weight is 387 g/mol. The van der Waals surface area contributed by atoms with E-state index < -0.39 is 9.84 Å². The summed E-state index contributed by atoms with van der Waals surface area (Å²) in [5.41, 5.74) is 5.50. The van der Waals surface area contributed by atoms with Crippen LogP contribution in [0, 0.1) is 13.8 Å². The minimum Gasteiger partial charge on any atom is -0.287 e. The SMILES string of the molecule is Cc1cccc(C)c1-n1c(-c2ccccc2)cnc1SCCS(C)(=O)=O. The maximum absolute atomic E-state index is 11.5. The second kappa shape index (κ2) is 7.68. The fraction of sp³-hybridized carbons (Fsp3) is 0.250. The molecule has 0 unspecified atom stereocenters. The molecule has 0 aliphatic carbocycles. The van der Waals surface area contributed by atoms with Gasteiger partial charge in [-0.3, -0.25) is 4.57 Å². The van der Waals surface area contributed by atoms with Crippen molar-refractivity contribution in [2.45, 2.75) is 19.0 Å². The van der Waals surface area contributed by atoms with Crippen LogP contribution >= 0.6 is 11.8 Å². The number of sulfone groups is 1. The van der Waals surface area contributed by atoms with Gasteiger partial charge in [-0.25, -0.2) is 13.4 Å². The van der Waals surface area contributed by atoms with Crippen LogP contribution < -0.4 is 0 Å². The molecule has 0 bridgehead atoms. The molecule has 0 radical (unpaired) electrons. The standard InChI is InChI=1S/C20H22N2O2S2/c1-15-8-7-9-16(2)19(15)22-18(17-10-5-4-6-11-17)14-21-20(22)25-12-13-26(3,23)24/h4-11,14H,12-13H2,1-3H3. The predicted molar refractivity (Wildman–Crippen MR) is 109 cm³/mol. The fourth-order valence-electron chi connectivity index (χ4n) is 2.91. The van der Waals surface area contributed by atoms with Gasteiger partial charge in [-0.1, -0.05) is 60.3 Å². The van der Waals surface area contributed by atoms with Crippen molar-refractivity contribution in [3.8, 4) is 16.9 Å². The normalized spacial score (nSPS) is 11.7. The predicted octanol–water partition coefficient (Wildman–Crippen LogP) is 4.29. The number of nitrogens with zero attached hydrogens (tertiary/aromatic N) is 2. The Morgan fingerprint density at radius 3 is 2.27 bits per heavy atom. The molecule has 0 aliphatic rings. The van der Waals surface area contributed by atoms with Crippen LogP contribution in [0.15, 0.2) is 59.9 Å². The van der Waals surface area contributed by atoms with Gasteiger partial charge in [0.1, 0.15) is 9.84 Å². The zero-order valence-corrected chi connectivity index (χ0v) is 16.8.